The van der Waals surface area contributed by atoms with Gasteiger partial charge < -0.3 is 4.74 Å². The van der Waals surface area contributed by atoms with Crippen molar-refractivity contribution in [2.24, 2.45) is 0 Å². The number of Topliss-reactive ketones (excluding diaryl/α,β-unsaturated/α-hetero) is 1. The summed E-state index contributed by atoms with van der Waals surface area (Å²) in [5, 5.41) is 0.0374. The van der Waals surface area contributed by atoms with Crippen LogP contribution in [0.2, 0.25) is 5.02 Å². The second-order valence-electron chi connectivity index (χ2n) is 5.49. The Morgan fingerprint density at radius 3 is 2.54 bits per heavy atom. The van der Waals surface area contributed by atoms with Crippen LogP contribution in [0, 0.1) is 0 Å². The molecule has 0 heterocycles. The Labute approximate surface area is 146 Å². The van der Waals surface area contributed by atoms with Gasteiger partial charge in [-0.1, -0.05) is 25.4 Å². The van der Waals surface area contributed by atoms with E-state index in [9.17, 15) is 18.0 Å². The van der Waals surface area contributed by atoms with Crippen molar-refractivity contribution in [1.29, 1.82) is 0 Å². The van der Waals surface area contributed by atoms with E-state index in [0.717, 1.165) is 0 Å². The van der Waals surface area contributed by atoms with Gasteiger partial charge in [-0.3, -0.25) is 4.79 Å². The normalized spacial score (nSPS) is 18.2. The first kappa shape index (κ1) is 18.9. The van der Waals surface area contributed by atoms with Crippen molar-refractivity contribution in [1.82, 2.24) is 4.31 Å². The summed E-state index contributed by atoms with van der Waals surface area (Å²) < 4.78 is 31.7. The van der Waals surface area contributed by atoms with Crippen molar-refractivity contribution in [2.45, 2.75) is 44.1 Å². The molecular formula is C16H20ClNO5S. The number of halogens is 1. The lowest BCUT2D eigenvalue weighted by Crippen LogP contribution is -2.31. The van der Waals surface area contributed by atoms with Crippen molar-refractivity contribution < 1.29 is 22.7 Å². The van der Waals surface area contributed by atoms with E-state index in [2.05, 4.69) is 0 Å². The van der Waals surface area contributed by atoms with Gasteiger partial charge in [-0.15, -0.1) is 0 Å². The topological polar surface area (TPSA) is 80.8 Å². The number of ketones is 1. The molecule has 1 aliphatic carbocycles. The van der Waals surface area contributed by atoms with Crippen molar-refractivity contribution in [2.75, 3.05) is 13.1 Å². The van der Waals surface area contributed by atoms with Crippen LogP contribution in [0.3, 0.4) is 0 Å². The van der Waals surface area contributed by atoms with Crippen LogP contribution >= 0.6 is 11.6 Å². The van der Waals surface area contributed by atoms with Gasteiger partial charge in [-0.05, 0) is 31.0 Å². The van der Waals surface area contributed by atoms with Gasteiger partial charge >= 0.3 is 5.97 Å². The van der Waals surface area contributed by atoms with Gasteiger partial charge in [0.1, 0.15) is 4.90 Å². The summed E-state index contributed by atoms with van der Waals surface area (Å²) in [6, 6.07) is 3.95. The lowest BCUT2D eigenvalue weighted by Gasteiger charge is -2.19. The molecule has 0 spiro atoms. The summed E-state index contributed by atoms with van der Waals surface area (Å²) in [7, 11) is -3.80. The Balaban J connectivity index is 2.31. The second-order valence-corrected chi connectivity index (χ2v) is 7.80. The summed E-state index contributed by atoms with van der Waals surface area (Å²) in [5.41, 5.74) is 0.0600. The van der Waals surface area contributed by atoms with Crippen LogP contribution in [0.1, 0.15) is 43.5 Å². The summed E-state index contributed by atoms with van der Waals surface area (Å²) in [6.07, 6.45) is 0.859. The van der Waals surface area contributed by atoms with Crippen molar-refractivity contribution in [3.63, 3.8) is 0 Å². The Hall–Kier alpha value is -1.44. The van der Waals surface area contributed by atoms with Gasteiger partial charge in [0.25, 0.3) is 0 Å². The zero-order chi connectivity index (χ0) is 17.9. The van der Waals surface area contributed by atoms with E-state index in [1.54, 1.807) is 13.8 Å². The molecule has 0 bridgehead atoms. The maximum absolute atomic E-state index is 12.6. The molecule has 0 amide bonds. The molecule has 6 nitrogen and oxygen atoms in total. The number of sulfonamides is 1. The van der Waals surface area contributed by atoms with Gasteiger partial charge in [0, 0.05) is 19.5 Å². The highest BCUT2D eigenvalue weighted by Gasteiger charge is 2.30. The number of rotatable bonds is 6. The van der Waals surface area contributed by atoms with Crippen LogP contribution in [-0.2, 0) is 19.6 Å². The highest BCUT2D eigenvalue weighted by atomic mass is 35.5. The van der Waals surface area contributed by atoms with E-state index in [-0.39, 0.29) is 21.3 Å². The number of esters is 1. The number of nitrogens with zero attached hydrogens (tertiary/aromatic N) is 1. The molecular weight excluding hydrogens is 354 g/mol. The molecule has 0 saturated heterocycles. The first-order valence-electron chi connectivity index (χ1n) is 7.84. The number of hydrogen-bond donors (Lipinski definition) is 0. The quantitative estimate of drug-likeness (QED) is 0.716. The summed E-state index contributed by atoms with van der Waals surface area (Å²) >= 11 is 6.02. The fourth-order valence-electron chi connectivity index (χ4n) is 2.64. The highest BCUT2D eigenvalue weighted by molar-refractivity contribution is 7.89. The van der Waals surface area contributed by atoms with E-state index in [1.807, 2.05) is 0 Å². The van der Waals surface area contributed by atoms with Gasteiger partial charge in [0.15, 0.2) is 11.9 Å². The molecule has 1 fully saturated rings. The number of hydrogen-bond acceptors (Lipinski definition) is 5. The molecule has 132 valence electrons. The second kappa shape index (κ2) is 7.63. The standard InChI is InChI=1S/C16H20ClNO5S/c1-3-18(4-2)24(21,22)15-10-11(8-9-12(15)17)16(20)23-14-7-5-6-13(14)19/h8-10,14H,3-7H2,1-2H3/t14-/m1/s1. The van der Waals surface area contributed by atoms with Crippen LogP contribution in [0.25, 0.3) is 0 Å². The molecule has 0 radical (unpaired) electrons. The molecule has 24 heavy (non-hydrogen) atoms. The molecule has 1 saturated carbocycles. The lowest BCUT2D eigenvalue weighted by molar-refractivity contribution is -0.124. The van der Waals surface area contributed by atoms with Crippen LogP contribution in [0.15, 0.2) is 23.1 Å². The van der Waals surface area contributed by atoms with E-state index in [1.165, 1.54) is 22.5 Å². The first-order chi connectivity index (χ1) is 11.3. The predicted octanol–water partition coefficient (Wildman–Crippen LogP) is 2.65. The maximum Gasteiger partial charge on any atom is 0.338 e. The predicted molar refractivity (Wildman–Crippen MR) is 89.6 cm³/mol. The molecule has 1 aromatic carbocycles. The molecule has 0 aromatic heterocycles. The molecule has 8 heteroatoms. The minimum atomic E-state index is -3.80. The monoisotopic (exact) mass is 373 g/mol. The molecule has 0 aliphatic heterocycles. The van der Waals surface area contributed by atoms with E-state index < -0.39 is 22.1 Å². The number of benzene rings is 1. The molecule has 2 rings (SSSR count). The Bertz CT molecular complexity index is 743. The smallest absolute Gasteiger partial charge is 0.338 e. The number of carbonyl (C=O) groups is 2. The molecule has 0 unspecified atom stereocenters. The SMILES string of the molecule is CCN(CC)S(=O)(=O)c1cc(C(=O)O[C@@H]2CCCC2=O)ccc1Cl. The van der Waals surface area contributed by atoms with Crippen LogP contribution in [0.5, 0.6) is 0 Å². The number of ether oxygens (including phenoxy) is 1. The van der Waals surface area contributed by atoms with Gasteiger partial charge in [-0.25, -0.2) is 13.2 Å². The lowest BCUT2D eigenvalue weighted by atomic mass is 10.2. The third-order valence-electron chi connectivity index (χ3n) is 3.99. The third kappa shape index (κ3) is 3.79. The largest absolute Gasteiger partial charge is 0.451 e. The van der Waals surface area contributed by atoms with Crippen LogP contribution in [-0.4, -0.2) is 43.7 Å². The van der Waals surface area contributed by atoms with Crippen molar-refractivity contribution in [3.8, 4) is 0 Å². The van der Waals surface area contributed by atoms with Crippen molar-refractivity contribution >= 4 is 33.4 Å². The van der Waals surface area contributed by atoms with E-state index in [4.69, 9.17) is 16.3 Å². The van der Waals surface area contributed by atoms with Gasteiger partial charge in [0.2, 0.25) is 10.0 Å². The molecule has 1 atom stereocenters. The zero-order valence-corrected chi connectivity index (χ0v) is 15.2. The Morgan fingerprint density at radius 1 is 1.33 bits per heavy atom. The fraction of sp³-hybridized carbons (Fsp3) is 0.500. The highest BCUT2D eigenvalue weighted by Crippen LogP contribution is 2.27. The summed E-state index contributed by atoms with van der Waals surface area (Å²) in [6.45, 7) is 4.03. The molecule has 0 N–H and O–H groups in total. The fourth-order valence-corrected chi connectivity index (χ4v) is 4.59. The average Bonchev–Trinajstić information content (AvgIpc) is 2.93. The van der Waals surface area contributed by atoms with Crippen molar-refractivity contribution in [3.05, 3.63) is 28.8 Å². The van der Waals surface area contributed by atoms with E-state index >= 15 is 0 Å². The van der Waals surface area contributed by atoms with E-state index in [0.29, 0.717) is 32.4 Å². The number of carbonyl (C=O) groups excluding carboxylic acids is 2. The summed E-state index contributed by atoms with van der Waals surface area (Å²) in [5.74, 6) is -0.823. The third-order valence-corrected chi connectivity index (χ3v) is 6.52. The Kier molecular flexibility index (Phi) is 6.01. The van der Waals surface area contributed by atoms with Crippen LogP contribution in [0.4, 0.5) is 0 Å². The Morgan fingerprint density at radius 2 is 2.00 bits per heavy atom. The first-order valence-corrected chi connectivity index (χ1v) is 9.66. The molecule has 1 aliphatic rings. The van der Waals surface area contributed by atoms with Gasteiger partial charge in [0.05, 0.1) is 10.6 Å². The van der Waals surface area contributed by atoms with Gasteiger partial charge in [-0.2, -0.15) is 4.31 Å². The summed E-state index contributed by atoms with van der Waals surface area (Å²) in [4.78, 5) is 23.7. The maximum atomic E-state index is 12.6. The minimum absolute atomic E-state index is 0.0374. The molecule has 1 aromatic rings. The minimum Gasteiger partial charge on any atom is -0.451 e. The average molecular weight is 374 g/mol. The zero-order valence-electron chi connectivity index (χ0n) is 13.6. The van der Waals surface area contributed by atoms with Crippen LogP contribution < -0.4 is 0 Å².